The Morgan fingerprint density at radius 1 is 1.06 bits per heavy atom. The predicted octanol–water partition coefficient (Wildman–Crippen LogP) is 2.72. The van der Waals surface area contributed by atoms with Crippen LogP contribution in [0.2, 0.25) is 0 Å². The van der Waals surface area contributed by atoms with Crippen LogP contribution in [0.3, 0.4) is 0 Å². The summed E-state index contributed by atoms with van der Waals surface area (Å²) in [6.45, 7) is 2.18. The van der Waals surface area contributed by atoms with Crippen LogP contribution in [0.5, 0.6) is 5.75 Å². The number of para-hydroxylation sites is 1. The van der Waals surface area contributed by atoms with Gasteiger partial charge in [-0.15, -0.1) is 0 Å². The minimum Gasteiger partial charge on any atom is -0.466 e. The maximum Gasteiger partial charge on any atom is 0.311 e. The molecule has 4 nitrogen and oxygen atoms in total. The lowest BCUT2D eigenvalue weighted by atomic mass is 10.3. The first kappa shape index (κ1) is 14.2. The molecule has 0 saturated carbocycles. The molecule has 0 fully saturated rings. The minimum atomic E-state index is -0.312. The van der Waals surface area contributed by atoms with Crippen molar-refractivity contribution >= 4 is 11.9 Å². The smallest absolute Gasteiger partial charge is 0.311 e. The lowest BCUT2D eigenvalue weighted by Gasteiger charge is -2.05. The van der Waals surface area contributed by atoms with Gasteiger partial charge in [0, 0.05) is 12.8 Å². The Balaban J connectivity index is 2.12. The first-order chi connectivity index (χ1) is 8.72. The SMILES string of the molecule is CCCC(=O)OCCCC(=O)Oc1ccccc1. The highest BCUT2D eigenvalue weighted by atomic mass is 16.5. The Hall–Kier alpha value is -1.84. The van der Waals surface area contributed by atoms with Gasteiger partial charge in [0.05, 0.1) is 6.61 Å². The van der Waals surface area contributed by atoms with E-state index >= 15 is 0 Å². The van der Waals surface area contributed by atoms with Crippen LogP contribution in [0.15, 0.2) is 30.3 Å². The van der Waals surface area contributed by atoms with E-state index < -0.39 is 0 Å². The molecule has 0 saturated heterocycles. The predicted molar refractivity (Wildman–Crippen MR) is 67.2 cm³/mol. The molecule has 1 aromatic carbocycles. The van der Waals surface area contributed by atoms with Gasteiger partial charge in [-0.1, -0.05) is 25.1 Å². The number of hydrogen-bond donors (Lipinski definition) is 0. The van der Waals surface area contributed by atoms with Gasteiger partial charge in [0.25, 0.3) is 0 Å². The van der Waals surface area contributed by atoms with Crippen molar-refractivity contribution in [2.75, 3.05) is 6.61 Å². The van der Waals surface area contributed by atoms with E-state index in [0.29, 0.717) is 18.6 Å². The summed E-state index contributed by atoms with van der Waals surface area (Å²) in [5.74, 6) is 0.00662. The number of carbonyl (C=O) groups excluding carboxylic acids is 2. The highest BCUT2D eigenvalue weighted by Crippen LogP contribution is 2.09. The summed E-state index contributed by atoms with van der Waals surface area (Å²) in [6.07, 6.45) is 1.93. The van der Waals surface area contributed by atoms with Crippen molar-refractivity contribution in [1.82, 2.24) is 0 Å². The van der Waals surface area contributed by atoms with Crippen LogP contribution >= 0.6 is 0 Å². The molecule has 0 aliphatic rings. The van der Waals surface area contributed by atoms with Crippen molar-refractivity contribution in [3.05, 3.63) is 30.3 Å². The maximum atomic E-state index is 11.4. The number of carbonyl (C=O) groups is 2. The van der Waals surface area contributed by atoms with Gasteiger partial charge in [0.2, 0.25) is 0 Å². The molecule has 0 unspecified atom stereocenters. The molecule has 18 heavy (non-hydrogen) atoms. The van der Waals surface area contributed by atoms with Gasteiger partial charge >= 0.3 is 11.9 Å². The van der Waals surface area contributed by atoms with Crippen LogP contribution in [-0.2, 0) is 14.3 Å². The highest BCUT2D eigenvalue weighted by molar-refractivity contribution is 5.72. The first-order valence-electron chi connectivity index (χ1n) is 6.13. The van der Waals surface area contributed by atoms with Crippen molar-refractivity contribution in [2.24, 2.45) is 0 Å². The van der Waals surface area contributed by atoms with Gasteiger partial charge in [-0.05, 0) is 25.0 Å². The Kier molecular flexibility index (Phi) is 6.54. The molecule has 1 aromatic rings. The molecule has 1 rings (SSSR count). The van der Waals surface area contributed by atoms with E-state index in [1.807, 2.05) is 13.0 Å². The molecule has 0 aliphatic carbocycles. The Morgan fingerprint density at radius 3 is 2.44 bits per heavy atom. The highest BCUT2D eigenvalue weighted by Gasteiger charge is 2.05. The molecule has 0 N–H and O–H groups in total. The van der Waals surface area contributed by atoms with Gasteiger partial charge in [-0.3, -0.25) is 9.59 Å². The van der Waals surface area contributed by atoms with Crippen LogP contribution in [0.1, 0.15) is 32.6 Å². The third-order valence-corrected chi connectivity index (χ3v) is 2.22. The standard InChI is InChI=1S/C14H18O4/c1-2-7-13(15)17-11-6-10-14(16)18-12-8-4-3-5-9-12/h3-5,8-9H,2,6-7,10-11H2,1H3. The molecule has 0 atom stereocenters. The second kappa shape index (κ2) is 8.28. The summed E-state index contributed by atoms with van der Waals surface area (Å²) in [5.41, 5.74) is 0. The summed E-state index contributed by atoms with van der Waals surface area (Å²) < 4.78 is 10.0. The lowest BCUT2D eigenvalue weighted by molar-refractivity contribution is -0.145. The van der Waals surface area contributed by atoms with Crippen molar-refractivity contribution < 1.29 is 19.1 Å². The van der Waals surface area contributed by atoms with Crippen LogP contribution in [0, 0.1) is 0 Å². The fraction of sp³-hybridized carbons (Fsp3) is 0.429. The number of benzene rings is 1. The largest absolute Gasteiger partial charge is 0.466 e. The molecular formula is C14H18O4. The van der Waals surface area contributed by atoms with Crippen molar-refractivity contribution in [3.63, 3.8) is 0 Å². The third-order valence-electron chi connectivity index (χ3n) is 2.22. The number of hydrogen-bond acceptors (Lipinski definition) is 4. The second-order valence-electron chi connectivity index (χ2n) is 3.86. The van der Waals surface area contributed by atoms with Gasteiger partial charge in [-0.2, -0.15) is 0 Å². The average Bonchev–Trinajstić information content (AvgIpc) is 2.36. The summed E-state index contributed by atoms with van der Waals surface area (Å²) in [5, 5.41) is 0. The van der Waals surface area contributed by atoms with Crippen LogP contribution in [-0.4, -0.2) is 18.5 Å². The van der Waals surface area contributed by atoms with E-state index in [9.17, 15) is 9.59 Å². The van der Waals surface area contributed by atoms with E-state index in [1.54, 1.807) is 24.3 Å². The monoisotopic (exact) mass is 250 g/mol. The summed E-state index contributed by atoms with van der Waals surface area (Å²) in [6, 6.07) is 8.90. The molecule has 0 amide bonds. The zero-order valence-electron chi connectivity index (χ0n) is 10.6. The normalized spacial score (nSPS) is 9.83. The van der Waals surface area contributed by atoms with Crippen LogP contribution in [0.25, 0.3) is 0 Å². The molecule has 0 aliphatic heterocycles. The summed E-state index contributed by atoms with van der Waals surface area (Å²) >= 11 is 0. The minimum absolute atomic E-state index is 0.214. The van der Waals surface area contributed by atoms with Crippen LogP contribution < -0.4 is 4.74 Å². The maximum absolute atomic E-state index is 11.4. The van der Waals surface area contributed by atoms with Crippen molar-refractivity contribution in [1.29, 1.82) is 0 Å². The first-order valence-corrected chi connectivity index (χ1v) is 6.13. The topological polar surface area (TPSA) is 52.6 Å². The molecule has 98 valence electrons. The molecule has 0 aromatic heterocycles. The Labute approximate surface area is 107 Å². The molecule has 0 radical (unpaired) electrons. The number of esters is 2. The van der Waals surface area contributed by atoms with Crippen molar-refractivity contribution in [3.8, 4) is 5.75 Å². The molecule has 0 heterocycles. The molecule has 0 spiro atoms. The van der Waals surface area contributed by atoms with Crippen LogP contribution in [0.4, 0.5) is 0 Å². The van der Waals surface area contributed by atoms with E-state index in [-0.39, 0.29) is 25.0 Å². The summed E-state index contributed by atoms with van der Waals surface area (Å²) in [4.78, 5) is 22.5. The third kappa shape index (κ3) is 6.03. The molecule has 4 heteroatoms. The Morgan fingerprint density at radius 2 is 1.78 bits per heavy atom. The number of rotatable bonds is 7. The second-order valence-corrected chi connectivity index (χ2v) is 3.86. The molecule has 0 bridgehead atoms. The van der Waals surface area contributed by atoms with Gasteiger partial charge in [-0.25, -0.2) is 0 Å². The fourth-order valence-corrected chi connectivity index (χ4v) is 1.35. The zero-order chi connectivity index (χ0) is 13.2. The fourth-order valence-electron chi connectivity index (χ4n) is 1.35. The number of ether oxygens (including phenoxy) is 2. The average molecular weight is 250 g/mol. The molecular weight excluding hydrogens is 232 g/mol. The zero-order valence-corrected chi connectivity index (χ0v) is 10.6. The Bertz CT molecular complexity index is 373. The lowest BCUT2D eigenvalue weighted by Crippen LogP contribution is -2.11. The van der Waals surface area contributed by atoms with E-state index in [1.165, 1.54) is 0 Å². The van der Waals surface area contributed by atoms with E-state index in [4.69, 9.17) is 9.47 Å². The van der Waals surface area contributed by atoms with Gasteiger partial charge in [0.15, 0.2) is 0 Å². The van der Waals surface area contributed by atoms with E-state index in [0.717, 1.165) is 6.42 Å². The van der Waals surface area contributed by atoms with E-state index in [2.05, 4.69) is 0 Å². The quantitative estimate of drug-likeness (QED) is 0.424. The van der Waals surface area contributed by atoms with Gasteiger partial charge in [0.1, 0.15) is 5.75 Å². The van der Waals surface area contributed by atoms with Crippen molar-refractivity contribution in [2.45, 2.75) is 32.6 Å². The summed E-state index contributed by atoms with van der Waals surface area (Å²) in [7, 11) is 0. The van der Waals surface area contributed by atoms with Gasteiger partial charge < -0.3 is 9.47 Å².